The number of hydrogen-bond acceptors (Lipinski definition) is 1. The fourth-order valence-electron chi connectivity index (χ4n) is 2.35. The first-order valence-corrected chi connectivity index (χ1v) is 5.88. The molecule has 0 radical (unpaired) electrons. The minimum atomic E-state index is -0.388. The molecule has 0 aliphatic heterocycles. The first-order chi connectivity index (χ1) is 8.09. The zero-order valence-electron chi connectivity index (χ0n) is 8.68. The Morgan fingerprint density at radius 3 is 2.71 bits per heavy atom. The van der Waals surface area contributed by atoms with Gasteiger partial charge in [0.25, 0.3) is 0 Å². The van der Waals surface area contributed by atoms with Crippen LogP contribution in [-0.2, 0) is 0 Å². The molecule has 1 aliphatic carbocycles. The van der Waals surface area contributed by atoms with Crippen LogP contribution in [-0.4, -0.2) is 0 Å². The molecule has 1 aliphatic rings. The molecule has 1 nitrogen and oxygen atoms in total. The minimum absolute atomic E-state index is 0.296. The van der Waals surface area contributed by atoms with E-state index in [0.29, 0.717) is 21.2 Å². The molecule has 2 N–H and O–H groups in total. The van der Waals surface area contributed by atoms with Gasteiger partial charge in [-0.2, -0.15) is 0 Å². The maximum Gasteiger partial charge on any atom is 0.131 e. The predicted octanol–water partition coefficient (Wildman–Crippen LogP) is 4.16. The Labute approximate surface area is 108 Å². The lowest BCUT2D eigenvalue weighted by molar-refractivity contribution is 0.630. The summed E-state index contributed by atoms with van der Waals surface area (Å²) in [5, 5.41) is 0.965. The molecule has 86 valence electrons. The monoisotopic (exact) mass is 267 g/mol. The van der Waals surface area contributed by atoms with Crippen molar-refractivity contribution in [2.75, 3.05) is 0 Å². The topological polar surface area (TPSA) is 26.0 Å². The average molecular weight is 268 g/mol. The van der Waals surface area contributed by atoms with E-state index < -0.39 is 0 Å². The van der Waals surface area contributed by atoms with E-state index in [2.05, 4.69) is 0 Å². The van der Waals surface area contributed by atoms with E-state index >= 15 is 0 Å². The molecule has 0 fully saturated rings. The molecule has 2 aromatic rings. The summed E-state index contributed by atoms with van der Waals surface area (Å²) in [6, 6.07) is 7.82. The molecule has 1 atom stereocenters. The molecule has 0 saturated carbocycles. The van der Waals surface area contributed by atoms with E-state index in [4.69, 9.17) is 28.9 Å². The van der Waals surface area contributed by atoms with E-state index in [1.165, 1.54) is 6.07 Å². The summed E-state index contributed by atoms with van der Waals surface area (Å²) in [6.45, 7) is 0. The Kier molecular flexibility index (Phi) is 2.40. The highest BCUT2D eigenvalue weighted by atomic mass is 35.5. The Morgan fingerprint density at radius 2 is 1.94 bits per heavy atom. The SMILES string of the molecule is NC1c2cccc(F)c2-c2cc(Cl)cc(Cl)c21. The molecule has 0 bridgehead atoms. The third-order valence-electron chi connectivity index (χ3n) is 3.06. The first-order valence-electron chi connectivity index (χ1n) is 5.13. The van der Waals surface area contributed by atoms with Crippen molar-refractivity contribution >= 4 is 23.2 Å². The fourth-order valence-corrected chi connectivity index (χ4v) is 2.96. The summed E-state index contributed by atoms with van der Waals surface area (Å²) in [5.74, 6) is -0.296. The summed E-state index contributed by atoms with van der Waals surface area (Å²) >= 11 is 12.1. The maximum atomic E-state index is 13.9. The van der Waals surface area contributed by atoms with E-state index in [9.17, 15) is 4.39 Å². The third-order valence-corrected chi connectivity index (χ3v) is 3.59. The summed E-state index contributed by atoms with van der Waals surface area (Å²) in [6.07, 6.45) is 0. The van der Waals surface area contributed by atoms with Gasteiger partial charge in [0.05, 0.1) is 6.04 Å². The van der Waals surface area contributed by atoms with Crippen molar-refractivity contribution in [3.05, 3.63) is 57.3 Å². The van der Waals surface area contributed by atoms with Gasteiger partial charge in [-0.3, -0.25) is 0 Å². The van der Waals surface area contributed by atoms with Gasteiger partial charge in [0.15, 0.2) is 0 Å². The van der Waals surface area contributed by atoms with Gasteiger partial charge in [0, 0.05) is 15.6 Å². The van der Waals surface area contributed by atoms with Crippen LogP contribution in [0, 0.1) is 5.82 Å². The highest BCUT2D eigenvalue weighted by Gasteiger charge is 2.30. The zero-order chi connectivity index (χ0) is 12.2. The van der Waals surface area contributed by atoms with Gasteiger partial charge in [0.2, 0.25) is 0 Å². The Balaban J connectivity index is 2.41. The number of benzene rings is 2. The Hall–Kier alpha value is -1.09. The van der Waals surface area contributed by atoms with Gasteiger partial charge in [-0.25, -0.2) is 4.39 Å². The van der Waals surface area contributed by atoms with Gasteiger partial charge in [-0.1, -0.05) is 35.3 Å². The van der Waals surface area contributed by atoms with Gasteiger partial charge in [-0.05, 0) is 34.9 Å². The van der Waals surface area contributed by atoms with E-state index in [1.807, 2.05) is 6.07 Å². The van der Waals surface area contributed by atoms with Gasteiger partial charge in [0.1, 0.15) is 5.82 Å². The van der Waals surface area contributed by atoms with Crippen LogP contribution < -0.4 is 5.73 Å². The summed E-state index contributed by atoms with van der Waals surface area (Å²) in [5.41, 5.74) is 8.79. The standard InChI is InChI=1S/C13H8Cl2FN/c14-6-4-8-11-7(2-1-3-10(11)16)13(17)12(8)9(15)5-6/h1-5,13H,17H2. The molecular weight excluding hydrogens is 260 g/mol. The minimum Gasteiger partial charge on any atom is -0.320 e. The second-order valence-electron chi connectivity index (χ2n) is 4.03. The average Bonchev–Trinajstić information content (AvgIpc) is 2.54. The second kappa shape index (κ2) is 3.70. The van der Waals surface area contributed by atoms with Gasteiger partial charge in [-0.15, -0.1) is 0 Å². The van der Waals surface area contributed by atoms with Crippen molar-refractivity contribution < 1.29 is 4.39 Å². The van der Waals surface area contributed by atoms with Crippen molar-refractivity contribution in [2.24, 2.45) is 5.73 Å². The number of fused-ring (bicyclic) bond motifs is 3. The lowest BCUT2D eigenvalue weighted by Crippen LogP contribution is -2.08. The van der Waals surface area contributed by atoms with Crippen LogP contribution in [0.3, 0.4) is 0 Å². The molecule has 4 heteroatoms. The maximum absolute atomic E-state index is 13.9. The van der Waals surface area contributed by atoms with Gasteiger partial charge >= 0.3 is 0 Å². The summed E-state index contributed by atoms with van der Waals surface area (Å²) < 4.78 is 13.9. The molecule has 0 saturated heterocycles. The molecule has 0 spiro atoms. The molecular formula is C13H8Cl2FN. The van der Waals surface area contributed by atoms with Crippen molar-refractivity contribution in [1.82, 2.24) is 0 Å². The van der Waals surface area contributed by atoms with Gasteiger partial charge < -0.3 is 5.73 Å². The predicted molar refractivity (Wildman–Crippen MR) is 67.9 cm³/mol. The van der Waals surface area contributed by atoms with Crippen LogP contribution in [0.5, 0.6) is 0 Å². The highest BCUT2D eigenvalue weighted by molar-refractivity contribution is 6.36. The van der Waals surface area contributed by atoms with Crippen molar-refractivity contribution in [3.8, 4) is 11.1 Å². The zero-order valence-corrected chi connectivity index (χ0v) is 10.2. The lowest BCUT2D eigenvalue weighted by atomic mass is 10.1. The number of hydrogen-bond donors (Lipinski definition) is 1. The van der Waals surface area contributed by atoms with Crippen LogP contribution in [0.1, 0.15) is 17.2 Å². The second-order valence-corrected chi connectivity index (χ2v) is 4.87. The van der Waals surface area contributed by atoms with Crippen molar-refractivity contribution in [3.63, 3.8) is 0 Å². The molecule has 0 amide bonds. The van der Waals surface area contributed by atoms with E-state index in [1.54, 1.807) is 18.2 Å². The molecule has 17 heavy (non-hydrogen) atoms. The van der Waals surface area contributed by atoms with Crippen LogP contribution in [0.2, 0.25) is 10.0 Å². The fraction of sp³-hybridized carbons (Fsp3) is 0.0769. The molecule has 1 unspecified atom stereocenters. The number of rotatable bonds is 0. The molecule has 2 aromatic carbocycles. The highest BCUT2D eigenvalue weighted by Crippen LogP contribution is 2.47. The third kappa shape index (κ3) is 1.48. The molecule has 0 heterocycles. The van der Waals surface area contributed by atoms with Crippen LogP contribution >= 0.6 is 23.2 Å². The van der Waals surface area contributed by atoms with E-state index in [-0.39, 0.29) is 11.9 Å². The normalized spacial score (nSPS) is 16.8. The van der Waals surface area contributed by atoms with Crippen LogP contribution in [0.25, 0.3) is 11.1 Å². The summed E-state index contributed by atoms with van der Waals surface area (Å²) in [4.78, 5) is 0. The quantitative estimate of drug-likeness (QED) is 0.762. The Bertz CT molecular complexity index is 625. The number of halogens is 3. The van der Waals surface area contributed by atoms with E-state index in [0.717, 1.165) is 11.1 Å². The summed E-state index contributed by atoms with van der Waals surface area (Å²) in [7, 11) is 0. The Morgan fingerprint density at radius 1 is 1.18 bits per heavy atom. The van der Waals surface area contributed by atoms with Crippen molar-refractivity contribution in [1.29, 1.82) is 0 Å². The largest absolute Gasteiger partial charge is 0.320 e. The first kappa shape index (κ1) is 11.0. The van der Waals surface area contributed by atoms with Crippen molar-refractivity contribution in [2.45, 2.75) is 6.04 Å². The molecule has 3 rings (SSSR count). The smallest absolute Gasteiger partial charge is 0.131 e. The van der Waals surface area contributed by atoms with Crippen LogP contribution in [0.15, 0.2) is 30.3 Å². The number of nitrogens with two attached hydrogens (primary N) is 1. The van der Waals surface area contributed by atoms with Crippen LogP contribution in [0.4, 0.5) is 4.39 Å². The lowest BCUT2D eigenvalue weighted by Gasteiger charge is -2.08. The molecule has 0 aromatic heterocycles.